The van der Waals surface area contributed by atoms with Crippen LogP contribution in [0, 0.1) is 5.82 Å². The molecule has 5 heteroatoms. The third-order valence-corrected chi connectivity index (χ3v) is 3.95. The summed E-state index contributed by atoms with van der Waals surface area (Å²) in [6.07, 6.45) is 0.511. The predicted molar refractivity (Wildman–Crippen MR) is 90.5 cm³/mol. The molecule has 2 aromatic carbocycles. The van der Waals surface area contributed by atoms with E-state index in [4.69, 9.17) is 5.11 Å². The zero-order valence-corrected chi connectivity index (χ0v) is 13.7. The molecule has 126 valence electrons. The van der Waals surface area contributed by atoms with Gasteiger partial charge in [-0.25, -0.2) is 4.39 Å². The van der Waals surface area contributed by atoms with Gasteiger partial charge in [-0.05, 0) is 55.7 Å². The van der Waals surface area contributed by atoms with Gasteiger partial charge in [0.15, 0.2) is 0 Å². The molecule has 0 saturated carbocycles. The Hall–Kier alpha value is -2.69. The number of hydrogen-bond acceptors (Lipinski definition) is 2. The molecule has 4 nitrogen and oxygen atoms in total. The largest absolute Gasteiger partial charge is 0.481 e. The van der Waals surface area contributed by atoms with Crippen LogP contribution in [0.1, 0.15) is 31.4 Å². The molecule has 0 heterocycles. The Balaban J connectivity index is 2.07. The highest BCUT2D eigenvalue weighted by Gasteiger charge is 2.30. The minimum absolute atomic E-state index is 0.0678. The fourth-order valence-electron chi connectivity index (χ4n) is 2.30. The number of nitrogens with one attached hydrogen (secondary N) is 1. The van der Waals surface area contributed by atoms with Crippen molar-refractivity contribution in [1.29, 1.82) is 0 Å². The smallest absolute Gasteiger partial charge is 0.303 e. The second kappa shape index (κ2) is 7.25. The highest BCUT2D eigenvalue weighted by molar-refractivity contribution is 5.98. The first-order valence-electron chi connectivity index (χ1n) is 7.67. The number of aliphatic carboxylic acids is 1. The van der Waals surface area contributed by atoms with Gasteiger partial charge in [0.2, 0.25) is 5.91 Å². The first-order chi connectivity index (χ1) is 11.3. The molecular weight excluding hydrogens is 309 g/mol. The molecule has 24 heavy (non-hydrogen) atoms. The fraction of sp³-hybridized carbons (Fsp3) is 0.263. The maximum atomic E-state index is 13.4. The number of carboxylic acid groups (broad SMARTS) is 1. The number of anilines is 1. The summed E-state index contributed by atoms with van der Waals surface area (Å²) < 4.78 is 13.4. The highest BCUT2D eigenvalue weighted by Crippen LogP contribution is 2.26. The normalized spacial score (nSPS) is 11.1. The number of carbonyl (C=O) groups excluding carboxylic acids is 1. The molecule has 2 aromatic rings. The van der Waals surface area contributed by atoms with Gasteiger partial charge in [0.1, 0.15) is 5.82 Å². The fourth-order valence-corrected chi connectivity index (χ4v) is 2.30. The van der Waals surface area contributed by atoms with Crippen molar-refractivity contribution in [3.63, 3.8) is 0 Å². The van der Waals surface area contributed by atoms with Crippen LogP contribution in [0.15, 0.2) is 48.5 Å². The van der Waals surface area contributed by atoms with E-state index in [1.54, 1.807) is 50.2 Å². The minimum Gasteiger partial charge on any atom is -0.481 e. The van der Waals surface area contributed by atoms with Crippen LogP contribution in [-0.2, 0) is 21.4 Å². The average molecular weight is 329 g/mol. The molecule has 0 bridgehead atoms. The van der Waals surface area contributed by atoms with Crippen LogP contribution in [0.4, 0.5) is 10.1 Å². The van der Waals surface area contributed by atoms with Crippen molar-refractivity contribution in [1.82, 2.24) is 0 Å². The molecule has 0 radical (unpaired) electrons. The van der Waals surface area contributed by atoms with E-state index in [1.807, 2.05) is 0 Å². The van der Waals surface area contributed by atoms with E-state index >= 15 is 0 Å². The van der Waals surface area contributed by atoms with Crippen molar-refractivity contribution >= 4 is 17.6 Å². The number of aryl methyl sites for hydroxylation is 1. The zero-order chi connectivity index (χ0) is 17.7. The van der Waals surface area contributed by atoms with Crippen molar-refractivity contribution in [3.05, 3.63) is 65.5 Å². The maximum Gasteiger partial charge on any atom is 0.303 e. The lowest BCUT2D eigenvalue weighted by Gasteiger charge is -2.24. The Kier molecular flexibility index (Phi) is 5.34. The van der Waals surface area contributed by atoms with E-state index < -0.39 is 11.4 Å². The number of rotatable bonds is 6. The van der Waals surface area contributed by atoms with Gasteiger partial charge in [-0.1, -0.05) is 24.3 Å². The van der Waals surface area contributed by atoms with Crippen LogP contribution in [0.25, 0.3) is 0 Å². The maximum absolute atomic E-state index is 13.4. The Morgan fingerprint density at radius 1 is 1.12 bits per heavy atom. The monoisotopic (exact) mass is 329 g/mol. The Bertz CT molecular complexity index is 739. The lowest BCUT2D eigenvalue weighted by atomic mass is 9.83. The lowest BCUT2D eigenvalue weighted by Crippen LogP contribution is -2.34. The Labute approximate surface area is 140 Å². The van der Waals surface area contributed by atoms with E-state index in [0.717, 1.165) is 5.56 Å². The summed E-state index contributed by atoms with van der Waals surface area (Å²) >= 11 is 0. The zero-order valence-electron chi connectivity index (χ0n) is 13.7. The van der Waals surface area contributed by atoms with Crippen LogP contribution in [0.3, 0.4) is 0 Å². The van der Waals surface area contributed by atoms with Gasteiger partial charge in [-0.3, -0.25) is 9.59 Å². The topological polar surface area (TPSA) is 66.4 Å². The number of hydrogen-bond donors (Lipinski definition) is 2. The van der Waals surface area contributed by atoms with Crippen molar-refractivity contribution in [2.45, 2.75) is 32.1 Å². The van der Waals surface area contributed by atoms with Gasteiger partial charge >= 0.3 is 5.97 Å². The number of amides is 1. The summed E-state index contributed by atoms with van der Waals surface area (Å²) in [5.74, 6) is -1.47. The van der Waals surface area contributed by atoms with Crippen LogP contribution in [0.2, 0.25) is 0 Å². The van der Waals surface area contributed by atoms with E-state index in [-0.39, 0.29) is 18.1 Å². The second-order valence-electron chi connectivity index (χ2n) is 6.18. The molecule has 0 fully saturated rings. The standard InChI is InChI=1S/C19H20FNO3/c1-19(2,14-4-3-5-15(20)12-14)18(24)21-16-9-6-13(7-10-16)8-11-17(22)23/h3-7,9-10,12H,8,11H2,1-2H3,(H,21,24)(H,22,23). The molecular formula is C19H20FNO3. The average Bonchev–Trinajstić information content (AvgIpc) is 2.54. The van der Waals surface area contributed by atoms with Crippen LogP contribution in [-0.4, -0.2) is 17.0 Å². The molecule has 0 aliphatic rings. The van der Waals surface area contributed by atoms with E-state index in [9.17, 15) is 14.0 Å². The summed E-state index contributed by atoms with van der Waals surface area (Å²) in [5.41, 5.74) is 1.21. The highest BCUT2D eigenvalue weighted by atomic mass is 19.1. The molecule has 0 saturated heterocycles. The molecule has 2 rings (SSSR count). The number of carboxylic acids is 1. The second-order valence-corrected chi connectivity index (χ2v) is 6.18. The summed E-state index contributed by atoms with van der Waals surface area (Å²) in [5, 5.41) is 11.5. The first-order valence-corrected chi connectivity index (χ1v) is 7.67. The van der Waals surface area contributed by atoms with Gasteiger partial charge < -0.3 is 10.4 Å². The quantitative estimate of drug-likeness (QED) is 0.848. The molecule has 0 aromatic heterocycles. The van der Waals surface area contributed by atoms with E-state index in [2.05, 4.69) is 5.32 Å². The molecule has 0 aliphatic carbocycles. The third kappa shape index (κ3) is 4.41. The Morgan fingerprint density at radius 3 is 2.38 bits per heavy atom. The van der Waals surface area contributed by atoms with Gasteiger partial charge in [0.05, 0.1) is 5.41 Å². The van der Waals surface area contributed by atoms with E-state index in [0.29, 0.717) is 17.7 Å². The first kappa shape index (κ1) is 17.7. The number of halogens is 1. The number of benzene rings is 2. The van der Waals surface area contributed by atoms with Crippen molar-refractivity contribution in [2.24, 2.45) is 0 Å². The van der Waals surface area contributed by atoms with Crippen LogP contribution >= 0.6 is 0 Å². The molecule has 0 atom stereocenters. The van der Waals surface area contributed by atoms with Gasteiger partial charge in [-0.15, -0.1) is 0 Å². The van der Waals surface area contributed by atoms with Gasteiger partial charge in [0.25, 0.3) is 0 Å². The number of carbonyl (C=O) groups is 2. The minimum atomic E-state index is -0.885. The van der Waals surface area contributed by atoms with E-state index in [1.165, 1.54) is 12.1 Å². The van der Waals surface area contributed by atoms with Crippen LogP contribution in [0.5, 0.6) is 0 Å². The van der Waals surface area contributed by atoms with Gasteiger partial charge in [-0.2, -0.15) is 0 Å². The Morgan fingerprint density at radius 2 is 1.79 bits per heavy atom. The molecule has 0 spiro atoms. The molecule has 2 N–H and O–H groups in total. The van der Waals surface area contributed by atoms with Crippen molar-refractivity contribution in [2.75, 3.05) is 5.32 Å². The summed E-state index contributed by atoms with van der Waals surface area (Å²) in [6, 6.07) is 13.0. The van der Waals surface area contributed by atoms with Crippen molar-refractivity contribution in [3.8, 4) is 0 Å². The van der Waals surface area contributed by atoms with Crippen LogP contribution < -0.4 is 5.32 Å². The summed E-state index contributed by atoms with van der Waals surface area (Å²) in [4.78, 5) is 23.1. The third-order valence-electron chi connectivity index (χ3n) is 3.95. The molecule has 0 aliphatic heterocycles. The van der Waals surface area contributed by atoms with Gasteiger partial charge in [0, 0.05) is 12.1 Å². The predicted octanol–water partition coefficient (Wildman–Crippen LogP) is 3.76. The summed E-state index contributed by atoms with van der Waals surface area (Å²) in [6.45, 7) is 3.47. The lowest BCUT2D eigenvalue weighted by molar-refractivity contribution is -0.137. The van der Waals surface area contributed by atoms with Crippen molar-refractivity contribution < 1.29 is 19.1 Å². The SMILES string of the molecule is CC(C)(C(=O)Nc1ccc(CCC(=O)O)cc1)c1cccc(F)c1. The molecule has 1 amide bonds. The summed E-state index contributed by atoms with van der Waals surface area (Å²) in [7, 11) is 0. The molecule has 0 unspecified atom stereocenters.